The van der Waals surface area contributed by atoms with E-state index in [-0.39, 0.29) is 6.54 Å². The van der Waals surface area contributed by atoms with Crippen molar-refractivity contribution in [1.29, 1.82) is 0 Å². The van der Waals surface area contributed by atoms with Gasteiger partial charge in [0.1, 0.15) is 0 Å². The van der Waals surface area contributed by atoms with E-state index >= 15 is 0 Å². The van der Waals surface area contributed by atoms with Gasteiger partial charge in [-0.3, -0.25) is 4.79 Å². The molecule has 0 saturated carbocycles. The van der Waals surface area contributed by atoms with Gasteiger partial charge in [0.2, 0.25) is 0 Å². The molecule has 7 nitrogen and oxygen atoms in total. The molecule has 0 aliphatic rings. The molecule has 2 rings (SSSR count). The lowest BCUT2D eigenvalue weighted by atomic mass is 9.92. The van der Waals surface area contributed by atoms with Crippen molar-refractivity contribution in [3.63, 3.8) is 0 Å². The highest BCUT2D eigenvalue weighted by Gasteiger charge is 2.31. The Hall–Kier alpha value is -2.22. The Kier molecular flexibility index (Phi) is 8.58. The quantitative estimate of drug-likeness (QED) is 0.425. The van der Waals surface area contributed by atoms with Gasteiger partial charge in [-0.1, -0.05) is 6.07 Å². The van der Waals surface area contributed by atoms with Crippen LogP contribution in [0.2, 0.25) is 0 Å². The summed E-state index contributed by atoms with van der Waals surface area (Å²) in [5, 5.41) is 18.8. The van der Waals surface area contributed by atoms with Crippen molar-refractivity contribution in [1.82, 2.24) is 14.5 Å². The number of carbonyl (C=O) groups is 2. The topological polar surface area (TPSA) is 95.7 Å². The maximum atomic E-state index is 11.6. The van der Waals surface area contributed by atoms with Crippen LogP contribution in [0.4, 0.5) is 4.79 Å². The third-order valence-electron chi connectivity index (χ3n) is 5.48. The van der Waals surface area contributed by atoms with Gasteiger partial charge >= 0.3 is 12.1 Å². The van der Waals surface area contributed by atoms with Crippen molar-refractivity contribution < 1.29 is 19.8 Å². The van der Waals surface area contributed by atoms with Crippen LogP contribution in [0.5, 0.6) is 0 Å². The van der Waals surface area contributed by atoms with Gasteiger partial charge in [0.05, 0.1) is 22.8 Å². The minimum Gasteiger partial charge on any atom is -0.481 e. The van der Waals surface area contributed by atoms with E-state index < -0.39 is 17.5 Å². The number of amides is 1. The molecule has 1 atom stereocenters. The molecular weight excluding hydrogens is 402 g/mol. The van der Waals surface area contributed by atoms with Crippen LogP contribution >= 0.6 is 12.6 Å². The average molecular weight is 436 g/mol. The van der Waals surface area contributed by atoms with Gasteiger partial charge in [-0.2, -0.15) is 12.6 Å². The second-order valence-electron chi connectivity index (χ2n) is 8.66. The fourth-order valence-electron chi connectivity index (χ4n) is 3.66. The number of thiol groups is 1. The van der Waals surface area contributed by atoms with Crippen LogP contribution in [0.15, 0.2) is 24.5 Å². The molecule has 0 bridgehead atoms. The van der Waals surface area contributed by atoms with E-state index in [2.05, 4.69) is 41.2 Å². The van der Waals surface area contributed by atoms with Crippen LogP contribution in [0, 0.1) is 18.3 Å². The molecule has 0 fully saturated rings. The first-order chi connectivity index (χ1) is 14.1. The molecule has 1 aromatic carbocycles. The molecule has 1 heterocycles. The third-order valence-corrected chi connectivity index (χ3v) is 5.79. The molecule has 1 aromatic heterocycles. The average Bonchev–Trinajstić information content (AvgIpc) is 3.06. The number of rotatable bonds is 12. The molecular formula is C22H33N3O4S. The standard InChI is InChI=1S/C22H33N3O4S/c1-16-8-9-18-19(12-16)25(15-23-18)13-17(7-5-11-30)6-4-10-24(21(28)29)14-22(2,3)20(26)27/h8-9,12,15,17,30H,4-7,10-11,13-14H2,1-3H3,(H,26,27)(H,28,29). The molecule has 1 amide bonds. The van der Waals surface area contributed by atoms with E-state index in [0.717, 1.165) is 42.6 Å². The number of benzene rings is 1. The van der Waals surface area contributed by atoms with E-state index in [9.17, 15) is 19.8 Å². The normalized spacial score (nSPS) is 12.8. The first kappa shape index (κ1) is 24.1. The molecule has 2 N–H and O–H groups in total. The summed E-state index contributed by atoms with van der Waals surface area (Å²) < 4.78 is 2.17. The molecule has 0 aliphatic carbocycles. The number of hydrogen-bond donors (Lipinski definition) is 3. The summed E-state index contributed by atoms with van der Waals surface area (Å²) in [7, 11) is 0. The van der Waals surface area contributed by atoms with Gasteiger partial charge in [0.25, 0.3) is 0 Å². The maximum absolute atomic E-state index is 11.6. The lowest BCUT2D eigenvalue weighted by molar-refractivity contribution is -0.147. The van der Waals surface area contributed by atoms with Gasteiger partial charge in [-0.25, -0.2) is 9.78 Å². The molecule has 0 spiro atoms. The van der Waals surface area contributed by atoms with E-state index in [0.29, 0.717) is 18.9 Å². The van der Waals surface area contributed by atoms with Crippen molar-refractivity contribution in [3.8, 4) is 0 Å². The SMILES string of the molecule is Cc1ccc2ncn(CC(CCCS)CCCN(CC(C)(C)C(=O)O)C(=O)O)c2c1. The highest BCUT2D eigenvalue weighted by molar-refractivity contribution is 7.80. The Labute approximate surface area is 183 Å². The highest BCUT2D eigenvalue weighted by Crippen LogP contribution is 2.23. The molecule has 166 valence electrons. The minimum atomic E-state index is -1.11. The lowest BCUT2D eigenvalue weighted by Crippen LogP contribution is -2.42. The van der Waals surface area contributed by atoms with Crippen LogP contribution in [-0.4, -0.2) is 55.6 Å². The predicted octanol–water partition coefficient (Wildman–Crippen LogP) is 4.54. The number of fused-ring (bicyclic) bond motifs is 1. The first-order valence-electron chi connectivity index (χ1n) is 10.4. The zero-order valence-corrected chi connectivity index (χ0v) is 18.9. The Balaban J connectivity index is 2.02. The number of imidazole rings is 1. The Morgan fingerprint density at radius 2 is 1.93 bits per heavy atom. The Morgan fingerprint density at radius 1 is 1.23 bits per heavy atom. The number of carboxylic acids is 1. The van der Waals surface area contributed by atoms with E-state index in [4.69, 9.17) is 0 Å². The van der Waals surface area contributed by atoms with Gasteiger partial charge in [-0.15, -0.1) is 0 Å². The third kappa shape index (κ3) is 6.65. The van der Waals surface area contributed by atoms with Crippen LogP contribution < -0.4 is 0 Å². The van der Waals surface area contributed by atoms with Gasteiger partial charge in [0.15, 0.2) is 0 Å². The van der Waals surface area contributed by atoms with E-state index in [1.807, 2.05) is 12.4 Å². The number of carboxylic acid groups (broad SMARTS) is 2. The van der Waals surface area contributed by atoms with Crippen molar-refractivity contribution in [2.24, 2.45) is 11.3 Å². The van der Waals surface area contributed by atoms with Crippen LogP contribution in [0.25, 0.3) is 11.0 Å². The van der Waals surface area contributed by atoms with Crippen molar-refractivity contribution in [2.45, 2.75) is 53.0 Å². The van der Waals surface area contributed by atoms with Crippen molar-refractivity contribution >= 4 is 35.7 Å². The van der Waals surface area contributed by atoms with Crippen LogP contribution in [-0.2, 0) is 11.3 Å². The minimum absolute atomic E-state index is 0.0234. The summed E-state index contributed by atoms with van der Waals surface area (Å²) in [6.07, 6.45) is 4.34. The summed E-state index contributed by atoms with van der Waals surface area (Å²) >= 11 is 4.34. The van der Waals surface area contributed by atoms with E-state index in [1.54, 1.807) is 13.8 Å². The van der Waals surface area contributed by atoms with Crippen LogP contribution in [0.1, 0.15) is 45.1 Å². The largest absolute Gasteiger partial charge is 0.481 e. The lowest BCUT2D eigenvalue weighted by Gasteiger charge is -2.28. The summed E-state index contributed by atoms with van der Waals surface area (Å²) in [6, 6.07) is 6.22. The fraction of sp³-hybridized carbons (Fsp3) is 0.591. The molecule has 0 saturated heterocycles. The summed E-state index contributed by atoms with van der Waals surface area (Å²) in [6.45, 7) is 6.28. The maximum Gasteiger partial charge on any atom is 0.407 e. The molecule has 30 heavy (non-hydrogen) atoms. The smallest absolute Gasteiger partial charge is 0.407 e. The zero-order chi connectivity index (χ0) is 22.3. The number of hydrogen-bond acceptors (Lipinski definition) is 4. The zero-order valence-electron chi connectivity index (χ0n) is 18.0. The van der Waals surface area contributed by atoms with Crippen LogP contribution in [0.3, 0.4) is 0 Å². The summed E-state index contributed by atoms with van der Waals surface area (Å²) in [4.78, 5) is 28.7. The molecule has 2 aromatic rings. The number of aryl methyl sites for hydroxylation is 1. The molecule has 8 heteroatoms. The van der Waals surface area contributed by atoms with Gasteiger partial charge in [0, 0.05) is 19.6 Å². The molecule has 0 radical (unpaired) electrons. The summed E-state index contributed by atoms with van der Waals surface area (Å²) in [5.41, 5.74) is 2.16. The number of aliphatic carboxylic acids is 1. The van der Waals surface area contributed by atoms with Crippen molar-refractivity contribution in [3.05, 3.63) is 30.1 Å². The highest BCUT2D eigenvalue weighted by atomic mass is 32.1. The Morgan fingerprint density at radius 3 is 2.57 bits per heavy atom. The molecule has 0 aliphatic heterocycles. The second-order valence-corrected chi connectivity index (χ2v) is 9.10. The number of aromatic nitrogens is 2. The predicted molar refractivity (Wildman–Crippen MR) is 121 cm³/mol. The molecule has 1 unspecified atom stereocenters. The van der Waals surface area contributed by atoms with Gasteiger partial charge < -0.3 is 19.7 Å². The van der Waals surface area contributed by atoms with Gasteiger partial charge in [-0.05, 0) is 75.8 Å². The fourth-order valence-corrected chi connectivity index (χ4v) is 3.84. The van der Waals surface area contributed by atoms with Crippen molar-refractivity contribution in [2.75, 3.05) is 18.8 Å². The summed E-state index contributed by atoms with van der Waals surface area (Å²) in [5.74, 6) is 0.190. The second kappa shape index (κ2) is 10.7. The number of nitrogens with zero attached hydrogens (tertiary/aromatic N) is 3. The first-order valence-corrected chi connectivity index (χ1v) is 11.0. The monoisotopic (exact) mass is 435 g/mol. The Bertz CT molecular complexity index is 865. The van der Waals surface area contributed by atoms with E-state index in [1.165, 1.54) is 10.5 Å².